The first-order valence-corrected chi connectivity index (χ1v) is 9.68. The summed E-state index contributed by atoms with van der Waals surface area (Å²) in [5.41, 5.74) is 4.38. The second kappa shape index (κ2) is 7.33. The second-order valence-corrected chi connectivity index (χ2v) is 7.30. The third-order valence-corrected chi connectivity index (χ3v) is 5.27. The summed E-state index contributed by atoms with van der Waals surface area (Å²) >= 11 is 0. The summed E-state index contributed by atoms with van der Waals surface area (Å²) in [5.74, 6) is -0.0746. The van der Waals surface area contributed by atoms with Crippen LogP contribution in [0.5, 0.6) is 5.75 Å². The zero-order valence-electron chi connectivity index (χ0n) is 16.1. The minimum Gasteiger partial charge on any atom is -0.487 e. The molecule has 0 spiro atoms. The van der Waals surface area contributed by atoms with Crippen molar-refractivity contribution in [3.63, 3.8) is 0 Å². The number of hydrogen-bond donors (Lipinski definition) is 1. The summed E-state index contributed by atoms with van der Waals surface area (Å²) in [6.45, 7) is 1.32. The highest BCUT2D eigenvalue weighted by atomic mass is 19.1. The third kappa shape index (κ3) is 3.49. The SMILES string of the molecule is Cn1cc(-c2cnc3[nH]cc(-c4ccc(OC5CCOCC5)c(F)c4)c3c2)cn1. The molecule has 1 fully saturated rings. The Morgan fingerprint density at radius 1 is 1.14 bits per heavy atom. The van der Waals surface area contributed by atoms with Gasteiger partial charge in [-0.1, -0.05) is 6.07 Å². The Labute approximate surface area is 167 Å². The van der Waals surface area contributed by atoms with Gasteiger partial charge in [-0.05, 0) is 23.8 Å². The van der Waals surface area contributed by atoms with Gasteiger partial charge in [0.2, 0.25) is 0 Å². The molecule has 0 radical (unpaired) electrons. The Kier molecular flexibility index (Phi) is 4.52. The van der Waals surface area contributed by atoms with Gasteiger partial charge in [0.05, 0.1) is 19.4 Å². The molecule has 0 aliphatic carbocycles. The van der Waals surface area contributed by atoms with Gasteiger partial charge >= 0.3 is 0 Å². The van der Waals surface area contributed by atoms with E-state index in [1.54, 1.807) is 16.9 Å². The van der Waals surface area contributed by atoms with Crippen molar-refractivity contribution in [2.45, 2.75) is 18.9 Å². The van der Waals surface area contributed by atoms with Gasteiger partial charge in [0, 0.05) is 60.6 Å². The Morgan fingerprint density at radius 3 is 2.76 bits per heavy atom. The van der Waals surface area contributed by atoms with Crippen LogP contribution in [0.2, 0.25) is 0 Å². The van der Waals surface area contributed by atoms with Gasteiger partial charge in [-0.3, -0.25) is 4.68 Å². The van der Waals surface area contributed by atoms with Crippen LogP contribution in [0.4, 0.5) is 4.39 Å². The molecule has 4 aromatic rings. The van der Waals surface area contributed by atoms with Crippen molar-refractivity contribution in [3.05, 3.63) is 54.9 Å². The third-order valence-electron chi connectivity index (χ3n) is 5.27. The highest BCUT2D eigenvalue weighted by Gasteiger charge is 2.18. The number of benzene rings is 1. The Bertz CT molecular complexity index is 1160. The lowest BCUT2D eigenvalue weighted by molar-refractivity contribution is 0.0240. The first kappa shape index (κ1) is 17.9. The maximum atomic E-state index is 14.8. The lowest BCUT2D eigenvalue weighted by Crippen LogP contribution is -2.26. The molecule has 1 aromatic carbocycles. The van der Waals surface area contributed by atoms with Crippen LogP contribution < -0.4 is 4.74 Å². The maximum Gasteiger partial charge on any atom is 0.165 e. The number of rotatable bonds is 4. The largest absolute Gasteiger partial charge is 0.487 e. The fraction of sp³-hybridized carbons (Fsp3) is 0.273. The molecule has 0 saturated carbocycles. The smallest absolute Gasteiger partial charge is 0.165 e. The van der Waals surface area contributed by atoms with Crippen molar-refractivity contribution in [3.8, 4) is 28.0 Å². The molecular weight excluding hydrogens is 371 g/mol. The number of halogens is 1. The summed E-state index contributed by atoms with van der Waals surface area (Å²) in [7, 11) is 1.88. The van der Waals surface area contributed by atoms with E-state index in [1.807, 2.05) is 31.7 Å². The van der Waals surface area contributed by atoms with Crippen LogP contribution in [0, 0.1) is 5.82 Å². The predicted octanol–water partition coefficient (Wildman–Crippen LogP) is 4.33. The average Bonchev–Trinajstić information content (AvgIpc) is 3.36. The summed E-state index contributed by atoms with van der Waals surface area (Å²) in [6, 6.07) is 7.16. The molecule has 0 atom stereocenters. The molecule has 1 aliphatic heterocycles. The van der Waals surface area contributed by atoms with Gasteiger partial charge in [-0.25, -0.2) is 9.37 Å². The van der Waals surface area contributed by atoms with Gasteiger partial charge in [-0.15, -0.1) is 0 Å². The number of fused-ring (bicyclic) bond motifs is 1. The van der Waals surface area contributed by atoms with Gasteiger partial charge in [0.15, 0.2) is 11.6 Å². The number of pyridine rings is 1. The van der Waals surface area contributed by atoms with Crippen LogP contribution in [-0.2, 0) is 11.8 Å². The van der Waals surface area contributed by atoms with Gasteiger partial charge in [-0.2, -0.15) is 5.10 Å². The van der Waals surface area contributed by atoms with Crippen molar-refractivity contribution in [2.24, 2.45) is 7.05 Å². The van der Waals surface area contributed by atoms with Crippen LogP contribution in [0.1, 0.15) is 12.8 Å². The minimum atomic E-state index is -0.361. The minimum absolute atomic E-state index is 0.00317. The van der Waals surface area contributed by atoms with Crippen LogP contribution in [0.25, 0.3) is 33.3 Å². The molecular formula is C22H21FN4O2. The number of nitrogens with zero attached hydrogens (tertiary/aromatic N) is 3. The molecule has 1 aliphatic rings. The zero-order valence-corrected chi connectivity index (χ0v) is 16.1. The van der Waals surface area contributed by atoms with E-state index in [9.17, 15) is 4.39 Å². The van der Waals surface area contributed by atoms with E-state index in [0.717, 1.165) is 46.1 Å². The number of ether oxygens (including phenoxy) is 2. The van der Waals surface area contributed by atoms with Crippen LogP contribution in [0.15, 0.2) is 49.1 Å². The Balaban J connectivity index is 1.47. The summed E-state index contributed by atoms with van der Waals surface area (Å²) in [5, 5.41) is 5.15. The fourth-order valence-electron chi connectivity index (χ4n) is 3.71. The highest BCUT2D eigenvalue weighted by Crippen LogP contribution is 2.33. The molecule has 4 heterocycles. The number of aromatic nitrogens is 4. The summed E-state index contributed by atoms with van der Waals surface area (Å²) in [6.07, 6.45) is 8.99. The van der Waals surface area contributed by atoms with E-state index in [1.165, 1.54) is 6.07 Å². The van der Waals surface area contributed by atoms with Crippen molar-refractivity contribution < 1.29 is 13.9 Å². The van der Waals surface area contributed by atoms with Crippen molar-refractivity contribution in [1.82, 2.24) is 19.7 Å². The molecule has 148 valence electrons. The van der Waals surface area contributed by atoms with E-state index in [4.69, 9.17) is 9.47 Å². The molecule has 29 heavy (non-hydrogen) atoms. The van der Waals surface area contributed by atoms with E-state index < -0.39 is 0 Å². The topological polar surface area (TPSA) is 65.0 Å². The number of H-pyrrole nitrogens is 1. The van der Waals surface area contributed by atoms with Crippen molar-refractivity contribution in [1.29, 1.82) is 0 Å². The Hall–Kier alpha value is -3.19. The molecule has 7 heteroatoms. The van der Waals surface area contributed by atoms with Gasteiger partial charge < -0.3 is 14.5 Å². The maximum absolute atomic E-state index is 14.8. The van der Waals surface area contributed by atoms with Crippen LogP contribution in [0.3, 0.4) is 0 Å². The first-order chi connectivity index (χ1) is 14.2. The molecule has 0 amide bonds. The standard InChI is InChI=1S/C22H21FN4O2/c1-27-13-16(11-26-27)15-8-18-19(12-25-22(18)24-10-15)14-2-3-21(20(23)9-14)29-17-4-6-28-7-5-17/h2-3,8-13,17H,4-7H2,1H3,(H,24,25). The lowest BCUT2D eigenvalue weighted by atomic mass is 10.0. The summed E-state index contributed by atoms with van der Waals surface area (Å²) < 4.78 is 27.7. The van der Waals surface area contributed by atoms with Gasteiger partial charge in [0.25, 0.3) is 0 Å². The molecule has 0 bridgehead atoms. The first-order valence-electron chi connectivity index (χ1n) is 9.68. The number of hydrogen-bond acceptors (Lipinski definition) is 4. The van der Waals surface area contributed by atoms with Gasteiger partial charge in [0.1, 0.15) is 11.8 Å². The molecule has 3 aromatic heterocycles. The van der Waals surface area contributed by atoms with Crippen LogP contribution >= 0.6 is 0 Å². The predicted molar refractivity (Wildman–Crippen MR) is 108 cm³/mol. The highest BCUT2D eigenvalue weighted by molar-refractivity contribution is 5.95. The second-order valence-electron chi connectivity index (χ2n) is 7.30. The number of nitrogens with one attached hydrogen (secondary N) is 1. The number of aryl methyl sites for hydroxylation is 1. The molecule has 5 rings (SSSR count). The van der Waals surface area contributed by atoms with E-state index in [-0.39, 0.29) is 17.7 Å². The fourth-order valence-corrected chi connectivity index (χ4v) is 3.71. The normalized spacial score (nSPS) is 15.1. The zero-order chi connectivity index (χ0) is 19.8. The average molecular weight is 392 g/mol. The molecule has 1 N–H and O–H groups in total. The quantitative estimate of drug-likeness (QED) is 0.562. The van der Waals surface area contributed by atoms with E-state index >= 15 is 0 Å². The molecule has 1 saturated heterocycles. The lowest BCUT2D eigenvalue weighted by Gasteiger charge is -2.23. The van der Waals surface area contributed by atoms with Crippen LogP contribution in [-0.4, -0.2) is 39.1 Å². The summed E-state index contributed by atoms with van der Waals surface area (Å²) in [4.78, 5) is 7.68. The van der Waals surface area contributed by atoms with Crippen molar-refractivity contribution >= 4 is 11.0 Å². The van der Waals surface area contributed by atoms with Crippen molar-refractivity contribution in [2.75, 3.05) is 13.2 Å². The van der Waals surface area contributed by atoms with E-state index in [2.05, 4.69) is 21.1 Å². The number of aromatic amines is 1. The Morgan fingerprint density at radius 2 is 2.00 bits per heavy atom. The molecule has 6 nitrogen and oxygen atoms in total. The van der Waals surface area contributed by atoms with E-state index in [0.29, 0.717) is 13.2 Å². The monoisotopic (exact) mass is 392 g/mol. The molecule has 0 unspecified atom stereocenters.